The zero-order chi connectivity index (χ0) is 10.0. The summed E-state index contributed by atoms with van der Waals surface area (Å²) in [6.07, 6.45) is 3.48. The van der Waals surface area contributed by atoms with Crippen molar-refractivity contribution in [2.75, 3.05) is 7.11 Å². The molecule has 1 rings (SSSR count). The van der Waals surface area contributed by atoms with E-state index in [0.29, 0.717) is 11.1 Å². The van der Waals surface area contributed by atoms with Gasteiger partial charge in [0, 0.05) is 5.57 Å². The summed E-state index contributed by atoms with van der Waals surface area (Å²) < 4.78 is 4.60. The van der Waals surface area contributed by atoms with E-state index in [1.165, 1.54) is 7.11 Å². The van der Waals surface area contributed by atoms with Crippen molar-refractivity contribution in [1.29, 1.82) is 0 Å². The number of hydrogen-bond acceptors (Lipinski definition) is 3. The summed E-state index contributed by atoms with van der Waals surface area (Å²) in [7, 11) is 1.32. The van der Waals surface area contributed by atoms with E-state index >= 15 is 0 Å². The lowest BCUT2D eigenvalue weighted by molar-refractivity contribution is -0.135. The molecule has 0 saturated heterocycles. The summed E-state index contributed by atoms with van der Waals surface area (Å²) in [5.41, 5.74) is 1.81. The molecule has 0 spiro atoms. The van der Waals surface area contributed by atoms with Gasteiger partial charge in [-0.2, -0.15) is 0 Å². The molecule has 0 amide bonds. The molecule has 1 aliphatic carbocycles. The molecule has 70 valence electrons. The van der Waals surface area contributed by atoms with Crippen LogP contribution in [0.25, 0.3) is 0 Å². The highest BCUT2D eigenvalue weighted by Crippen LogP contribution is 2.27. The number of methoxy groups -OCH3 is 1. The fraction of sp³-hybridized carbons (Fsp3) is 0.300. The van der Waals surface area contributed by atoms with Gasteiger partial charge in [0.2, 0.25) is 0 Å². The van der Waals surface area contributed by atoms with Crippen LogP contribution in [-0.4, -0.2) is 18.2 Å². The van der Waals surface area contributed by atoms with E-state index in [1.807, 2.05) is 0 Å². The summed E-state index contributed by atoms with van der Waals surface area (Å²) in [6.45, 7) is 3.35. The van der Waals surface area contributed by atoms with Gasteiger partial charge in [-0.15, -0.1) is 0 Å². The molecule has 0 aromatic rings. The molecule has 0 radical (unpaired) electrons. The van der Waals surface area contributed by atoms with Crippen molar-refractivity contribution in [2.45, 2.75) is 13.8 Å². The molecule has 3 nitrogen and oxygen atoms in total. The molecule has 13 heavy (non-hydrogen) atoms. The van der Waals surface area contributed by atoms with E-state index in [0.717, 1.165) is 5.57 Å². The minimum absolute atomic E-state index is 0.133. The van der Waals surface area contributed by atoms with Gasteiger partial charge in [0.1, 0.15) is 0 Å². The SMILES string of the molecule is COC(=O)C1=C(C)C=C/C1=C(\C)O. The Balaban J connectivity index is 3.16. The van der Waals surface area contributed by atoms with E-state index in [2.05, 4.69) is 4.74 Å². The average Bonchev–Trinajstić information content (AvgIpc) is 2.46. The Kier molecular flexibility index (Phi) is 2.56. The summed E-state index contributed by atoms with van der Waals surface area (Å²) in [4.78, 5) is 11.3. The molecule has 1 aliphatic rings. The van der Waals surface area contributed by atoms with Gasteiger partial charge in [-0.3, -0.25) is 0 Å². The Hall–Kier alpha value is -1.51. The van der Waals surface area contributed by atoms with Crippen LogP contribution in [0.15, 0.2) is 34.6 Å². The lowest BCUT2D eigenvalue weighted by Crippen LogP contribution is -2.07. The number of rotatable bonds is 1. The molecule has 1 N–H and O–H groups in total. The Bertz CT molecular complexity index is 328. The van der Waals surface area contributed by atoms with Crippen LogP contribution < -0.4 is 0 Å². The number of aliphatic hydroxyl groups is 1. The molecular weight excluding hydrogens is 168 g/mol. The van der Waals surface area contributed by atoms with E-state index in [-0.39, 0.29) is 5.76 Å². The smallest absolute Gasteiger partial charge is 0.338 e. The van der Waals surface area contributed by atoms with Crippen LogP contribution in [0.1, 0.15) is 13.8 Å². The third-order valence-corrected chi connectivity index (χ3v) is 1.94. The number of esters is 1. The number of carbonyl (C=O) groups excluding carboxylic acids is 1. The molecule has 3 heteroatoms. The first kappa shape index (κ1) is 9.58. The van der Waals surface area contributed by atoms with Crippen LogP contribution in [-0.2, 0) is 9.53 Å². The first-order valence-electron chi connectivity index (χ1n) is 3.95. The van der Waals surface area contributed by atoms with Crippen molar-refractivity contribution in [3.05, 3.63) is 34.6 Å². The number of hydrogen-bond donors (Lipinski definition) is 1. The highest BCUT2D eigenvalue weighted by atomic mass is 16.5. The van der Waals surface area contributed by atoms with Gasteiger partial charge in [-0.25, -0.2) is 4.79 Å². The Morgan fingerprint density at radius 1 is 1.46 bits per heavy atom. The normalized spacial score (nSPS) is 19.3. The van der Waals surface area contributed by atoms with Crippen molar-refractivity contribution in [1.82, 2.24) is 0 Å². The van der Waals surface area contributed by atoms with Crippen molar-refractivity contribution in [2.24, 2.45) is 0 Å². The van der Waals surface area contributed by atoms with E-state index in [4.69, 9.17) is 0 Å². The standard InChI is InChI=1S/C10H12O3/c1-6-4-5-8(7(2)11)9(6)10(12)13-3/h4-5,11H,1-3H3/b8-7-. The maximum Gasteiger partial charge on any atom is 0.338 e. The monoisotopic (exact) mass is 180 g/mol. The maximum absolute atomic E-state index is 11.3. The minimum Gasteiger partial charge on any atom is -0.512 e. The van der Waals surface area contributed by atoms with E-state index in [9.17, 15) is 9.90 Å². The summed E-state index contributed by atoms with van der Waals surface area (Å²) in [5.74, 6) is -0.278. The molecule has 0 heterocycles. The van der Waals surface area contributed by atoms with E-state index < -0.39 is 5.97 Å². The first-order valence-corrected chi connectivity index (χ1v) is 3.95. The van der Waals surface area contributed by atoms with Gasteiger partial charge in [0.05, 0.1) is 18.4 Å². The Labute approximate surface area is 77.0 Å². The van der Waals surface area contributed by atoms with Crippen LogP contribution >= 0.6 is 0 Å². The van der Waals surface area contributed by atoms with Gasteiger partial charge in [-0.05, 0) is 19.4 Å². The highest BCUT2D eigenvalue weighted by molar-refractivity contribution is 5.97. The largest absolute Gasteiger partial charge is 0.512 e. The summed E-state index contributed by atoms with van der Waals surface area (Å²) in [5, 5.41) is 9.27. The van der Waals surface area contributed by atoms with Gasteiger partial charge >= 0.3 is 5.97 Å². The third-order valence-electron chi connectivity index (χ3n) is 1.94. The van der Waals surface area contributed by atoms with E-state index in [1.54, 1.807) is 26.0 Å². The first-order chi connectivity index (χ1) is 6.07. The zero-order valence-corrected chi connectivity index (χ0v) is 7.92. The number of ether oxygens (including phenoxy) is 1. The highest BCUT2D eigenvalue weighted by Gasteiger charge is 2.21. The second-order valence-electron chi connectivity index (χ2n) is 2.88. The molecule has 0 aromatic carbocycles. The third kappa shape index (κ3) is 1.64. The molecule has 0 fully saturated rings. The number of carbonyl (C=O) groups is 1. The molecular formula is C10H12O3. The second kappa shape index (κ2) is 3.47. The minimum atomic E-state index is -0.411. The van der Waals surface area contributed by atoms with Crippen LogP contribution in [0.2, 0.25) is 0 Å². The lowest BCUT2D eigenvalue weighted by Gasteiger charge is -2.04. The van der Waals surface area contributed by atoms with Gasteiger partial charge in [0.25, 0.3) is 0 Å². The zero-order valence-electron chi connectivity index (χ0n) is 7.92. The number of aliphatic hydroxyl groups excluding tert-OH is 1. The maximum atomic E-state index is 11.3. The fourth-order valence-corrected chi connectivity index (χ4v) is 1.26. The Morgan fingerprint density at radius 2 is 2.08 bits per heavy atom. The van der Waals surface area contributed by atoms with Crippen LogP contribution in [0.5, 0.6) is 0 Å². The molecule has 0 atom stereocenters. The van der Waals surface area contributed by atoms with Crippen molar-refractivity contribution >= 4 is 5.97 Å². The van der Waals surface area contributed by atoms with Crippen LogP contribution in [0.3, 0.4) is 0 Å². The second-order valence-corrected chi connectivity index (χ2v) is 2.88. The van der Waals surface area contributed by atoms with Gasteiger partial charge < -0.3 is 9.84 Å². The van der Waals surface area contributed by atoms with Crippen molar-refractivity contribution in [3.8, 4) is 0 Å². The van der Waals surface area contributed by atoms with Crippen LogP contribution in [0.4, 0.5) is 0 Å². The molecule has 0 aromatic heterocycles. The van der Waals surface area contributed by atoms with Crippen LogP contribution in [0, 0.1) is 0 Å². The quantitative estimate of drug-likeness (QED) is 0.495. The topological polar surface area (TPSA) is 46.5 Å². The molecule has 0 aliphatic heterocycles. The van der Waals surface area contributed by atoms with Gasteiger partial charge in [-0.1, -0.05) is 12.2 Å². The fourth-order valence-electron chi connectivity index (χ4n) is 1.26. The summed E-state index contributed by atoms with van der Waals surface area (Å²) >= 11 is 0. The van der Waals surface area contributed by atoms with Crippen molar-refractivity contribution in [3.63, 3.8) is 0 Å². The predicted octanol–water partition coefficient (Wildman–Crippen LogP) is 1.88. The molecule has 0 unspecified atom stereocenters. The average molecular weight is 180 g/mol. The molecule has 0 saturated carbocycles. The Morgan fingerprint density at radius 3 is 2.54 bits per heavy atom. The van der Waals surface area contributed by atoms with Crippen molar-refractivity contribution < 1.29 is 14.6 Å². The lowest BCUT2D eigenvalue weighted by atomic mass is 10.1. The number of allylic oxidation sites excluding steroid dienone is 4. The predicted molar refractivity (Wildman–Crippen MR) is 49.2 cm³/mol. The molecule has 0 bridgehead atoms. The van der Waals surface area contributed by atoms with Gasteiger partial charge in [0.15, 0.2) is 0 Å². The summed E-state index contributed by atoms with van der Waals surface area (Å²) in [6, 6.07) is 0.